The molecule has 0 spiro atoms. The first kappa shape index (κ1) is 23.3. The fourth-order valence-corrected chi connectivity index (χ4v) is 2.47. The summed E-state index contributed by atoms with van der Waals surface area (Å²) in [4.78, 5) is 23.9. The van der Waals surface area contributed by atoms with Crippen molar-refractivity contribution in [2.75, 3.05) is 31.7 Å². The predicted octanol–water partition coefficient (Wildman–Crippen LogP) is 3.58. The Morgan fingerprint density at radius 2 is 1.71 bits per heavy atom. The lowest BCUT2D eigenvalue weighted by Crippen LogP contribution is -2.20. The standard InChI is InChI=1S/C23H24N2O6/c1-3-28-20-11-8-18(15-21(20)29-4-2)25-22(26)16-31-23(27)12-7-17-5-9-19(10-6-17)30-14-13-24/h5-12,15H,3-4,14,16H2,1-2H3,(H,25,26)/b12-7+. The fraction of sp³-hybridized carbons (Fsp3) is 0.261. The van der Waals surface area contributed by atoms with Gasteiger partial charge in [0, 0.05) is 17.8 Å². The molecule has 2 aromatic carbocycles. The van der Waals surface area contributed by atoms with E-state index in [1.165, 1.54) is 6.08 Å². The zero-order valence-corrected chi connectivity index (χ0v) is 17.4. The third-order valence-corrected chi connectivity index (χ3v) is 3.77. The van der Waals surface area contributed by atoms with Gasteiger partial charge in [-0.15, -0.1) is 0 Å². The number of carbonyl (C=O) groups is 2. The second-order valence-electron chi connectivity index (χ2n) is 6.03. The quantitative estimate of drug-likeness (QED) is 0.434. The Bertz CT molecular complexity index is 948. The molecule has 2 rings (SSSR count). The van der Waals surface area contributed by atoms with E-state index >= 15 is 0 Å². The highest BCUT2D eigenvalue weighted by atomic mass is 16.5. The van der Waals surface area contributed by atoms with Crippen LogP contribution < -0.4 is 19.5 Å². The van der Waals surface area contributed by atoms with Crippen LogP contribution in [0.1, 0.15) is 19.4 Å². The maximum Gasteiger partial charge on any atom is 0.331 e. The Morgan fingerprint density at radius 3 is 2.39 bits per heavy atom. The summed E-state index contributed by atoms with van der Waals surface area (Å²) in [5.41, 5.74) is 1.24. The van der Waals surface area contributed by atoms with Crippen LogP contribution in [-0.2, 0) is 14.3 Å². The van der Waals surface area contributed by atoms with Crippen LogP contribution in [0.4, 0.5) is 5.69 Å². The van der Waals surface area contributed by atoms with Crippen molar-refractivity contribution in [3.05, 3.63) is 54.1 Å². The van der Waals surface area contributed by atoms with E-state index in [9.17, 15) is 9.59 Å². The molecule has 0 bridgehead atoms. The molecule has 0 saturated carbocycles. The zero-order valence-electron chi connectivity index (χ0n) is 17.4. The summed E-state index contributed by atoms with van der Waals surface area (Å²) in [6, 6.07) is 13.7. The molecule has 0 atom stereocenters. The van der Waals surface area contributed by atoms with Crippen LogP contribution in [0.2, 0.25) is 0 Å². The minimum atomic E-state index is -0.651. The lowest BCUT2D eigenvalue weighted by atomic mass is 10.2. The Morgan fingerprint density at radius 1 is 1.00 bits per heavy atom. The summed E-state index contributed by atoms with van der Waals surface area (Å²) in [7, 11) is 0. The van der Waals surface area contributed by atoms with E-state index in [0.717, 1.165) is 5.56 Å². The number of nitriles is 1. The van der Waals surface area contributed by atoms with Gasteiger partial charge >= 0.3 is 5.97 Å². The molecule has 2 aromatic rings. The maximum absolute atomic E-state index is 12.1. The maximum atomic E-state index is 12.1. The third kappa shape index (κ3) is 8.11. The average Bonchev–Trinajstić information content (AvgIpc) is 2.77. The SMILES string of the molecule is CCOc1ccc(NC(=O)COC(=O)/C=C/c2ccc(OCC#N)cc2)cc1OCC. The zero-order chi connectivity index (χ0) is 22.5. The molecule has 0 saturated heterocycles. The minimum Gasteiger partial charge on any atom is -0.490 e. The van der Waals surface area contributed by atoms with Gasteiger partial charge in [-0.05, 0) is 49.8 Å². The van der Waals surface area contributed by atoms with Crippen molar-refractivity contribution in [1.29, 1.82) is 5.26 Å². The van der Waals surface area contributed by atoms with E-state index in [-0.39, 0.29) is 6.61 Å². The van der Waals surface area contributed by atoms with Gasteiger partial charge in [0.05, 0.1) is 13.2 Å². The van der Waals surface area contributed by atoms with Crippen LogP contribution in [0.3, 0.4) is 0 Å². The molecule has 0 unspecified atom stereocenters. The van der Waals surface area contributed by atoms with Crippen molar-refractivity contribution in [3.8, 4) is 23.3 Å². The van der Waals surface area contributed by atoms with E-state index < -0.39 is 18.5 Å². The van der Waals surface area contributed by atoms with Gasteiger partial charge in [0.2, 0.25) is 0 Å². The van der Waals surface area contributed by atoms with Gasteiger partial charge in [-0.3, -0.25) is 4.79 Å². The van der Waals surface area contributed by atoms with Crippen molar-refractivity contribution in [2.45, 2.75) is 13.8 Å². The number of amides is 1. The number of rotatable bonds is 11. The smallest absolute Gasteiger partial charge is 0.331 e. The number of anilines is 1. The summed E-state index contributed by atoms with van der Waals surface area (Å²) in [6.07, 6.45) is 2.78. The molecular weight excluding hydrogens is 400 g/mol. The number of carbonyl (C=O) groups excluding carboxylic acids is 2. The number of benzene rings is 2. The molecule has 0 radical (unpaired) electrons. The topological polar surface area (TPSA) is 107 Å². The van der Waals surface area contributed by atoms with Crippen LogP contribution in [0.25, 0.3) is 6.08 Å². The molecule has 0 fully saturated rings. The van der Waals surface area contributed by atoms with Crippen LogP contribution in [0.15, 0.2) is 48.5 Å². The van der Waals surface area contributed by atoms with Crippen LogP contribution in [-0.4, -0.2) is 38.3 Å². The molecule has 1 amide bonds. The number of nitrogens with zero attached hydrogens (tertiary/aromatic N) is 1. The molecule has 0 aliphatic heterocycles. The Balaban J connectivity index is 1.84. The molecular formula is C23H24N2O6. The van der Waals surface area contributed by atoms with Crippen LogP contribution in [0.5, 0.6) is 17.2 Å². The summed E-state index contributed by atoms with van der Waals surface area (Å²) < 4.78 is 21.1. The number of hydrogen-bond acceptors (Lipinski definition) is 7. The first-order valence-corrected chi connectivity index (χ1v) is 9.69. The Kier molecular flexibility index (Phi) is 9.43. The number of ether oxygens (including phenoxy) is 4. The number of hydrogen-bond donors (Lipinski definition) is 1. The van der Waals surface area contributed by atoms with Crippen LogP contribution >= 0.6 is 0 Å². The van der Waals surface area contributed by atoms with Crippen molar-refractivity contribution >= 4 is 23.6 Å². The monoisotopic (exact) mass is 424 g/mol. The first-order valence-electron chi connectivity index (χ1n) is 9.69. The largest absolute Gasteiger partial charge is 0.490 e. The fourth-order valence-electron chi connectivity index (χ4n) is 2.47. The highest BCUT2D eigenvalue weighted by Crippen LogP contribution is 2.30. The minimum absolute atomic E-state index is 0.0345. The van der Waals surface area contributed by atoms with Gasteiger partial charge in [0.1, 0.15) is 11.8 Å². The summed E-state index contributed by atoms with van der Waals surface area (Å²) in [6.45, 7) is 4.21. The van der Waals surface area contributed by atoms with E-state index in [2.05, 4.69) is 5.32 Å². The van der Waals surface area contributed by atoms with Gasteiger partial charge < -0.3 is 24.3 Å². The summed E-state index contributed by atoms with van der Waals surface area (Å²) in [5, 5.41) is 11.1. The number of esters is 1. The van der Waals surface area contributed by atoms with Crippen molar-refractivity contribution < 1.29 is 28.5 Å². The third-order valence-electron chi connectivity index (χ3n) is 3.77. The summed E-state index contributed by atoms with van der Waals surface area (Å²) in [5.74, 6) is 0.531. The van der Waals surface area contributed by atoms with Gasteiger partial charge in [-0.1, -0.05) is 12.1 Å². The molecule has 0 aromatic heterocycles. The van der Waals surface area contributed by atoms with E-state index in [1.807, 2.05) is 19.9 Å². The van der Waals surface area contributed by atoms with Crippen molar-refractivity contribution in [3.63, 3.8) is 0 Å². The highest BCUT2D eigenvalue weighted by molar-refractivity contribution is 5.94. The molecule has 0 aliphatic rings. The second kappa shape index (κ2) is 12.5. The highest BCUT2D eigenvalue weighted by Gasteiger charge is 2.10. The molecule has 0 heterocycles. The molecule has 162 valence electrons. The van der Waals surface area contributed by atoms with Crippen molar-refractivity contribution in [1.82, 2.24) is 0 Å². The van der Waals surface area contributed by atoms with Gasteiger partial charge in [-0.2, -0.15) is 5.26 Å². The second-order valence-corrected chi connectivity index (χ2v) is 6.03. The Hall–Kier alpha value is -3.99. The number of nitrogens with one attached hydrogen (secondary N) is 1. The average molecular weight is 424 g/mol. The van der Waals surface area contributed by atoms with E-state index in [4.69, 9.17) is 24.2 Å². The molecule has 1 N–H and O–H groups in total. The van der Waals surface area contributed by atoms with Crippen molar-refractivity contribution in [2.24, 2.45) is 0 Å². The lowest BCUT2D eigenvalue weighted by molar-refractivity contribution is -0.142. The molecule has 0 aliphatic carbocycles. The Labute approximate surface area is 181 Å². The lowest BCUT2D eigenvalue weighted by Gasteiger charge is -2.13. The molecule has 8 heteroatoms. The molecule has 8 nitrogen and oxygen atoms in total. The van der Waals surface area contributed by atoms with E-state index in [1.54, 1.807) is 48.5 Å². The van der Waals surface area contributed by atoms with Crippen LogP contribution in [0, 0.1) is 11.3 Å². The first-order chi connectivity index (χ1) is 15.0. The normalized spacial score (nSPS) is 10.2. The van der Waals surface area contributed by atoms with Gasteiger partial charge in [0.15, 0.2) is 24.7 Å². The predicted molar refractivity (Wildman–Crippen MR) is 115 cm³/mol. The van der Waals surface area contributed by atoms with Gasteiger partial charge in [0.25, 0.3) is 5.91 Å². The molecule has 31 heavy (non-hydrogen) atoms. The van der Waals surface area contributed by atoms with E-state index in [0.29, 0.717) is 36.1 Å². The summed E-state index contributed by atoms with van der Waals surface area (Å²) >= 11 is 0. The van der Waals surface area contributed by atoms with Gasteiger partial charge in [-0.25, -0.2) is 4.79 Å².